The van der Waals surface area contributed by atoms with Crippen molar-refractivity contribution in [2.45, 2.75) is 20.0 Å². The minimum Gasteiger partial charge on any atom is -0.348 e. The van der Waals surface area contributed by atoms with Gasteiger partial charge in [-0.3, -0.25) is 14.2 Å². The van der Waals surface area contributed by atoms with E-state index in [1.54, 1.807) is 12.1 Å². The van der Waals surface area contributed by atoms with Gasteiger partial charge in [0.2, 0.25) is 5.91 Å². The third kappa shape index (κ3) is 3.38. The van der Waals surface area contributed by atoms with Gasteiger partial charge in [0, 0.05) is 33.8 Å². The molecule has 0 atom stereocenters. The van der Waals surface area contributed by atoms with E-state index in [0.717, 1.165) is 21.9 Å². The number of hydrogen-bond donors (Lipinski definition) is 1. The fourth-order valence-corrected chi connectivity index (χ4v) is 3.51. The molecule has 2 aromatic heterocycles. The molecule has 0 spiro atoms. The first-order chi connectivity index (χ1) is 13.0. The highest BCUT2D eigenvalue weighted by Crippen LogP contribution is 2.20. The van der Waals surface area contributed by atoms with Gasteiger partial charge in [-0.05, 0) is 49.4 Å². The Morgan fingerprint density at radius 2 is 2.00 bits per heavy atom. The van der Waals surface area contributed by atoms with Gasteiger partial charge in [-0.2, -0.15) is 0 Å². The number of carbonyl (C=O) groups excluding carboxylic acids is 1. The van der Waals surface area contributed by atoms with E-state index in [9.17, 15) is 9.59 Å². The van der Waals surface area contributed by atoms with Crippen LogP contribution in [-0.2, 0) is 17.9 Å². The molecule has 2 aromatic carbocycles. The van der Waals surface area contributed by atoms with E-state index in [-0.39, 0.29) is 18.0 Å². The molecule has 4 aromatic rings. The Morgan fingerprint density at radius 1 is 1.15 bits per heavy atom. The van der Waals surface area contributed by atoms with Crippen molar-refractivity contribution in [2.24, 2.45) is 0 Å². The van der Waals surface area contributed by atoms with Crippen LogP contribution < -0.4 is 10.9 Å². The number of anilines is 1. The Kier molecular flexibility index (Phi) is 4.53. The van der Waals surface area contributed by atoms with Crippen molar-refractivity contribution in [3.8, 4) is 0 Å². The SMILES string of the molecule is CCn1ccc2cc(NC(=O)Cn3cnc4ccc(Br)cc4c3=O)ccc21. The number of aromatic nitrogens is 3. The summed E-state index contributed by atoms with van der Waals surface area (Å²) in [4.78, 5) is 29.3. The third-order valence-corrected chi connectivity index (χ3v) is 4.99. The summed E-state index contributed by atoms with van der Waals surface area (Å²) >= 11 is 3.36. The zero-order valence-corrected chi connectivity index (χ0v) is 16.2. The average Bonchev–Trinajstić information content (AvgIpc) is 3.07. The maximum Gasteiger partial charge on any atom is 0.261 e. The topological polar surface area (TPSA) is 68.9 Å². The number of amides is 1. The highest BCUT2D eigenvalue weighted by atomic mass is 79.9. The van der Waals surface area contributed by atoms with Gasteiger partial charge < -0.3 is 9.88 Å². The second-order valence-electron chi connectivity index (χ2n) is 6.26. The van der Waals surface area contributed by atoms with E-state index in [4.69, 9.17) is 0 Å². The highest BCUT2D eigenvalue weighted by Gasteiger charge is 2.10. The van der Waals surface area contributed by atoms with Crippen LogP contribution in [0.5, 0.6) is 0 Å². The van der Waals surface area contributed by atoms with Crippen LogP contribution in [0, 0.1) is 0 Å². The fraction of sp³-hybridized carbons (Fsp3) is 0.150. The molecule has 0 unspecified atom stereocenters. The maximum absolute atomic E-state index is 12.6. The van der Waals surface area contributed by atoms with E-state index >= 15 is 0 Å². The Hall–Kier alpha value is -2.93. The van der Waals surface area contributed by atoms with E-state index in [1.165, 1.54) is 10.9 Å². The van der Waals surface area contributed by atoms with Crippen LogP contribution >= 0.6 is 15.9 Å². The van der Waals surface area contributed by atoms with Crippen molar-refractivity contribution in [1.82, 2.24) is 14.1 Å². The first-order valence-electron chi connectivity index (χ1n) is 8.58. The molecule has 0 aliphatic carbocycles. The predicted molar refractivity (Wildman–Crippen MR) is 110 cm³/mol. The average molecular weight is 425 g/mol. The lowest BCUT2D eigenvalue weighted by Gasteiger charge is -2.09. The summed E-state index contributed by atoms with van der Waals surface area (Å²) in [6.45, 7) is 2.88. The molecule has 0 radical (unpaired) electrons. The molecule has 1 amide bonds. The first-order valence-corrected chi connectivity index (χ1v) is 9.38. The molecular formula is C20H17BrN4O2. The van der Waals surface area contributed by atoms with Gasteiger partial charge in [-0.25, -0.2) is 4.98 Å². The van der Waals surface area contributed by atoms with Crippen molar-refractivity contribution in [3.05, 3.63) is 69.8 Å². The van der Waals surface area contributed by atoms with Crippen LogP contribution in [-0.4, -0.2) is 20.0 Å². The number of fused-ring (bicyclic) bond motifs is 2. The molecule has 6 nitrogen and oxygen atoms in total. The molecule has 1 N–H and O–H groups in total. The largest absolute Gasteiger partial charge is 0.348 e. The van der Waals surface area contributed by atoms with Crippen molar-refractivity contribution in [3.63, 3.8) is 0 Å². The van der Waals surface area contributed by atoms with Gasteiger partial charge in [0.1, 0.15) is 6.54 Å². The maximum atomic E-state index is 12.6. The van der Waals surface area contributed by atoms with E-state index < -0.39 is 0 Å². The number of aryl methyl sites for hydroxylation is 1. The molecule has 2 heterocycles. The van der Waals surface area contributed by atoms with Crippen molar-refractivity contribution < 1.29 is 4.79 Å². The number of halogens is 1. The second-order valence-corrected chi connectivity index (χ2v) is 7.18. The monoisotopic (exact) mass is 424 g/mol. The zero-order chi connectivity index (χ0) is 19.0. The van der Waals surface area contributed by atoms with Crippen molar-refractivity contribution in [2.75, 3.05) is 5.32 Å². The van der Waals surface area contributed by atoms with Crippen LogP contribution in [0.2, 0.25) is 0 Å². The number of benzene rings is 2. The van der Waals surface area contributed by atoms with Crippen LogP contribution in [0.3, 0.4) is 0 Å². The number of hydrogen-bond acceptors (Lipinski definition) is 3. The molecule has 0 bridgehead atoms. The highest BCUT2D eigenvalue weighted by molar-refractivity contribution is 9.10. The summed E-state index contributed by atoms with van der Waals surface area (Å²) in [5.74, 6) is -0.275. The summed E-state index contributed by atoms with van der Waals surface area (Å²) in [5, 5.41) is 4.38. The summed E-state index contributed by atoms with van der Waals surface area (Å²) < 4.78 is 4.25. The van der Waals surface area contributed by atoms with Crippen LogP contribution in [0.1, 0.15) is 6.92 Å². The molecule has 7 heteroatoms. The van der Waals surface area contributed by atoms with Gasteiger partial charge >= 0.3 is 0 Å². The first kappa shape index (κ1) is 17.5. The molecule has 0 saturated heterocycles. The smallest absolute Gasteiger partial charge is 0.261 e. The quantitative estimate of drug-likeness (QED) is 0.541. The number of nitrogens with one attached hydrogen (secondary N) is 1. The Balaban J connectivity index is 1.57. The summed E-state index contributed by atoms with van der Waals surface area (Å²) in [5.41, 5.74) is 2.18. The lowest BCUT2D eigenvalue weighted by Crippen LogP contribution is -2.27. The molecule has 0 saturated carbocycles. The summed E-state index contributed by atoms with van der Waals surface area (Å²) in [6, 6.07) is 13.1. The van der Waals surface area contributed by atoms with Gasteiger partial charge in [0.05, 0.1) is 17.2 Å². The lowest BCUT2D eigenvalue weighted by molar-refractivity contribution is -0.116. The minimum atomic E-state index is -0.275. The van der Waals surface area contributed by atoms with Crippen molar-refractivity contribution in [1.29, 1.82) is 0 Å². The van der Waals surface area contributed by atoms with Crippen LogP contribution in [0.25, 0.3) is 21.8 Å². The summed E-state index contributed by atoms with van der Waals surface area (Å²) in [6.07, 6.45) is 3.43. The van der Waals surface area contributed by atoms with Crippen LogP contribution in [0.4, 0.5) is 5.69 Å². The fourth-order valence-electron chi connectivity index (χ4n) is 3.15. The third-order valence-electron chi connectivity index (χ3n) is 4.50. The van der Waals surface area contributed by atoms with E-state index in [1.807, 2.05) is 36.5 Å². The van der Waals surface area contributed by atoms with E-state index in [2.05, 4.69) is 37.7 Å². The minimum absolute atomic E-state index is 0.0949. The number of rotatable bonds is 4. The molecule has 0 fully saturated rings. The lowest BCUT2D eigenvalue weighted by atomic mass is 10.2. The van der Waals surface area contributed by atoms with Gasteiger partial charge in [0.25, 0.3) is 5.56 Å². The zero-order valence-electron chi connectivity index (χ0n) is 14.6. The molecule has 0 aliphatic heterocycles. The summed E-state index contributed by atoms with van der Waals surface area (Å²) in [7, 11) is 0. The van der Waals surface area contributed by atoms with Gasteiger partial charge in [-0.1, -0.05) is 15.9 Å². The molecule has 27 heavy (non-hydrogen) atoms. The predicted octanol–water partition coefficient (Wildman–Crippen LogP) is 3.77. The molecule has 136 valence electrons. The standard InChI is InChI=1S/C20H17BrN4O2/c1-2-24-8-7-13-9-15(4-6-18(13)24)23-19(26)11-25-12-22-17-5-3-14(21)10-16(17)20(25)27/h3-10,12H,2,11H2,1H3,(H,23,26). The van der Waals surface area contributed by atoms with Crippen LogP contribution in [0.15, 0.2) is 64.3 Å². The number of nitrogens with zero attached hydrogens (tertiary/aromatic N) is 3. The molecule has 4 rings (SSSR count). The number of carbonyl (C=O) groups is 1. The molecule has 0 aliphatic rings. The Bertz CT molecular complexity index is 1230. The molecular weight excluding hydrogens is 408 g/mol. The Morgan fingerprint density at radius 3 is 2.81 bits per heavy atom. The Labute approximate surface area is 163 Å². The van der Waals surface area contributed by atoms with Gasteiger partial charge in [0.15, 0.2) is 0 Å². The van der Waals surface area contributed by atoms with E-state index in [0.29, 0.717) is 16.6 Å². The van der Waals surface area contributed by atoms with Crippen molar-refractivity contribution >= 4 is 49.3 Å². The van der Waals surface area contributed by atoms with Gasteiger partial charge in [-0.15, -0.1) is 0 Å². The normalized spacial score (nSPS) is 11.2. The second kappa shape index (κ2) is 7.00.